The van der Waals surface area contributed by atoms with Gasteiger partial charge < -0.3 is 4.90 Å². The van der Waals surface area contributed by atoms with E-state index >= 15 is 0 Å². The first kappa shape index (κ1) is 15.4. The van der Waals surface area contributed by atoms with Gasteiger partial charge in [0.05, 0.1) is 10.7 Å². The molecule has 22 heavy (non-hydrogen) atoms. The first-order chi connectivity index (χ1) is 10.7. The lowest BCUT2D eigenvalue weighted by Crippen LogP contribution is -2.18. The zero-order chi connectivity index (χ0) is 15.5. The zero-order valence-electron chi connectivity index (χ0n) is 13.5. The van der Waals surface area contributed by atoms with Crippen LogP contribution in [-0.4, -0.2) is 13.6 Å². The number of halogens is 1. The van der Waals surface area contributed by atoms with E-state index in [-0.39, 0.29) is 0 Å². The highest BCUT2D eigenvalue weighted by Crippen LogP contribution is 2.39. The normalized spacial score (nSPS) is 13.2. The van der Waals surface area contributed by atoms with E-state index in [1.165, 1.54) is 54.4 Å². The van der Waals surface area contributed by atoms with Gasteiger partial charge in [0.2, 0.25) is 0 Å². The molecule has 0 saturated carbocycles. The molecule has 0 saturated heterocycles. The summed E-state index contributed by atoms with van der Waals surface area (Å²) in [6.07, 6.45) is 6.04. The van der Waals surface area contributed by atoms with Gasteiger partial charge in [0.25, 0.3) is 0 Å². The summed E-state index contributed by atoms with van der Waals surface area (Å²) in [6, 6.07) is 13.1. The highest BCUT2D eigenvalue weighted by molar-refractivity contribution is 6.36. The fourth-order valence-corrected chi connectivity index (χ4v) is 3.78. The van der Waals surface area contributed by atoms with Gasteiger partial charge in [-0.05, 0) is 48.4 Å². The lowest BCUT2D eigenvalue weighted by atomic mass is 9.96. The number of benzene rings is 2. The Labute approximate surface area is 138 Å². The van der Waals surface area contributed by atoms with Gasteiger partial charge in [0, 0.05) is 19.2 Å². The van der Waals surface area contributed by atoms with Crippen LogP contribution >= 0.6 is 11.6 Å². The van der Waals surface area contributed by atoms with Crippen LogP contribution in [0.5, 0.6) is 0 Å². The van der Waals surface area contributed by atoms with Crippen LogP contribution in [0.25, 0.3) is 11.1 Å². The quantitative estimate of drug-likeness (QED) is 0.681. The molecule has 1 nitrogen and oxygen atoms in total. The Morgan fingerprint density at radius 3 is 2.64 bits per heavy atom. The third-order valence-corrected chi connectivity index (χ3v) is 5.07. The standard InChI is InChI=1S/C20H24ClN/c1-3-4-14-22(2)19-13-7-12-18(20(19)21)17-11-6-9-15-8-5-10-16(15)17/h6-7,9,11-13H,3-5,8,10,14H2,1-2H3. The molecular formula is C20H24ClN. The molecule has 0 N–H and O–H groups in total. The lowest BCUT2D eigenvalue weighted by molar-refractivity contribution is 0.767. The van der Waals surface area contributed by atoms with Crippen molar-refractivity contribution >= 4 is 17.3 Å². The molecule has 0 radical (unpaired) electrons. The van der Waals surface area contributed by atoms with Crippen LogP contribution in [0.2, 0.25) is 5.02 Å². The molecule has 0 amide bonds. The molecular weight excluding hydrogens is 290 g/mol. The van der Waals surface area contributed by atoms with Crippen LogP contribution in [0.4, 0.5) is 5.69 Å². The van der Waals surface area contributed by atoms with Gasteiger partial charge in [-0.25, -0.2) is 0 Å². The molecule has 0 spiro atoms. The van der Waals surface area contributed by atoms with Gasteiger partial charge in [0.15, 0.2) is 0 Å². The van der Waals surface area contributed by atoms with Crippen LogP contribution in [0.3, 0.4) is 0 Å². The highest BCUT2D eigenvalue weighted by Gasteiger charge is 2.18. The average molecular weight is 314 g/mol. The summed E-state index contributed by atoms with van der Waals surface area (Å²) in [6.45, 7) is 3.27. The first-order valence-corrected chi connectivity index (χ1v) is 8.71. The zero-order valence-corrected chi connectivity index (χ0v) is 14.3. The van der Waals surface area contributed by atoms with Crippen LogP contribution < -0.4 is 4.90 Å². The number of unbranched alkanes of at least 4 members (excludes halogenated alkanes) is 1. The molecule has 1 aliphatic rings. The van der Waals surface area contributed by atoms with Crippen molar-refractivity contribution in [3.63, 3.8) is 0 Å². The molecule has 0 unspecified atom stereocenters. The second kappa shape index (κ2) is 6.75. The largest absolute Gasteiger partial charge is 0.373 e. The molecule has 0 fully saturated rings. The third-order valence-electron chi connectivity index (χ3n) is 4.67. The van der Waals surface area contributed by atoms with Gasteiger partial charge in [-0.3, -0.25) is 0 Å². The molecule has 0 heterocycles. The topological polar surface area (TPSA) is 3.24 Å². The highest BCUT2D eigenvalue weighted by atomic mass is 35.5. The van der Waals surface area contributed by atoms with E-state index in [0.717, 1.165) is 17.3 Å². The number of anilines is 1. The second-order valence-electron chi connectivity index (χ2n) is 6.21. The maximum absolute atomic E-state index is 6.78. The van der Waals surface area contributed by atoms with Crippen molar-refractivity contribution in [2.75, 3.05) is 18.5 Å². The van der Waals surface area contributed by atoms with Gasteiger partial charge in [-0.1, -0.05) is 55.3 Å². The van der Waals surface area contributed by atoms with Crippen LogP contribution in [-0.2, 0) is 12.8 Å². The minimum absolute atomic E-state index is 0.890. The second-order valence-corrected chi connectivity index (χ2v) is 6.59. The number of nitrogens with zero attached hydrogens (tertiary/aromatic N) is 1. The summed E-state index contributed by atoms with van der Waals surface area (Å²) in [5, 5.41) is 0.890. The molecule has 0 bridgehead atoms. The first-order valence-electron chi connectivity index (χ1n) is 8.33. The Morgan fingerprint density at radius 1 is 1.05 bits per heavy atom. The third kappa shape index (κ3) is 2.87. The minimum atomic E-state index is 0.890. The van der Waals surface area contributed by atoms with Crippen molar-refractivity contribution in [2.24, 2.45) is 0 Å². The number of hydrogen-bond donors (Lipinski definition) is 0. The fraction of sp³-hybridized carbons (Fsp3) is 0.400. The summed E-state index contributed by atoms with van der Waals surface area (Å²) < 4.78 is 0. The molecule has 0 aromatic heterocycles. The summed E-state index contributed by atoms with van der Waals surface area (Å²) >= 11 is 6.78. The summed E-state index contributed by atoms with van der Waals surface area (Å²) in [5.74, 6) is 0. The Bertz CT molecular complexity index is 663. The van der Waals surface area contributed by atoms with Crippen molar-refractivity contribution in [2.45, 2.75) is 39.0 Å². The molecule has 2 aromatic carbocycles. The van der Waals surface area contributed by atoms with Crippen LogP contribution in [0.15, 0.2) is 36.4 Å². The number of fused-ring (bicyclic) bond motifs is 1. The van der Waals surface area contributed by atoms with Crippen molar-refractivity contribution in [1.29, 1.82) is 0 Å². The van der Waals surface area contributed by atoms with E-state index in [1.807, 2.05) is 0 Å². The summed E-state index contributed by atoms with van der Waals surface area (Å²) in [4.78, 5) is 2.28. The molecule has 2 heteroatoms. The predicted octanol–water partition coefficient (Wildman–Crippen LogP) is 5.73. The predicted molar refractivity (Wildman–Crippen MR) is 97.1 cm³/mol. The van der Waals surface area contributed by atoms with E-state index in [9.17, 15) is 0 Å². The molecule has 0 aliphatic heterocycles. The van der Waals surface area contributed by atoms with Crippen molar-refractivity contribution < 1.29 is 0 Å². The fourth-order valence-electron chi connectivity index (χ4n) is 3.41. The van der Waals surface area contributed by atoms with E-state index < -0.39 is 0 Å². The summed E-state index contributed by atoms with van der Waals surface area (Å²) in [5.41, 5.74) is 6.64. The van der Waals surface area contributed by atoms with E-state index in [1.54, 1.807) is 0 Å². The molecule has 1 aliphatic carbocycles. The monoisotopic (exact) mass is 313 g/mol. The minimum Gasteiger partial charge on any atom is -0.373 e. The maximum atomic E-state index is 6.78. The Hall–Kier alpha value is -1.47. The summed E-state index contributed by atoms with van der Waals surface area (Å²) in [7, 11) is 2.13. The molecule has 2 aromatic rings. The maximum Gasteiger partial charge on any atom is 0.0717 e. The van der Waals surface area contributed by atoms with E-state index in [4.69, 9.17) is 11.6 Å². The van der Waals surface area contributed by atoms with E-state index in [0.29, 0.717) is 0 Å². The van der Waals surface area contributed by atoms with E-state index in [2.05, 4.69) is 55.3 Å². The van der Waals surface area contributed by atoms with Crippen LogP contribution in [0.1, 0.15) is 37.3 Å². The van der Waals surface area contributed by atoms with Gasteiger partial charge in [-0.2, -0.15) is 0 Å². The lowest BCUT2D eigenvalue weighted by Gasteiger charge is -2.22. The number of hydrogen-bond acceptors (Lipinski definition) is 1. The number of aryl methyl sites for hydroxylation is 1. The smallest absolute Gasteiger partial charge is 0.0717 e. The Kier molecular flexibility index (Phi) is 4.73. The van der Waals surface area contributed by atoms with Crippen LogP contribution in [0, 0.1) is 0 Å². The van der Waals surface area contributed by atoms with Crippen molar-refractivity contribution in [1.82, 2.24) is 0 Å². The molecule has 0 atom stereocenters. The van der Waals surface area contributed by atoms with Gasteiger partial charge in [-0.15, -0.1) is 0 Å². The SMILES string of the molecule is CCCCN(C)c1cccc(-c2cccc3c2CCC3)c1Cl. The van der Waals surface area contributed by atoms with Gasteiger partial charge in [0.1, 0.15) is 0 Å². The Balaban J connectivity index is 2.01. The molecule has 3 rings (SSSR count). The number of rotatable bonds is 5. The van der Waals surface area contributed by atoms with Gasteiger partial charge >= 0.3 is 0 Å². The average Bonchev–Trinajstić information content (AvgIpc) is 3.01. The Morgan fingerprint density at radius 2 is 1.82 bits per heavy atom. The van der Waals surface area contributed by atoms with Crippen molar-refractivity contribution in [3.8, 4) is 11.1 Å². The molecule has 116 valence electrons. The van der Waals surface area contributed by atoms with Crippen molar-refractivity contribution in [3.05, 3.63) is 52.5 Å².